The Morgan fingerprint density at radius 2 is 2.06 bits per heavy atom. The first-order valence-electron chi connectivity index (χ1n) is 4.91. The highest BCUT2D eigenvalue weighted by atomic mass is 16.5. The maximum atomic E-state index is 10.9. The molecule has 0 radical (unpaired) electrons. The Bertz CT molecular complexity index is 454. The van der Waals surface area contributed by atoms with Crippen LogP contribution in [0, 0.1) is 0 Å². The number of aliphatic carboxylic acids is 1. The van der Waals surface area contributed by atoms with Gasteiger partial charge in [-0.3, -0.25) is 4.79 Å². The minimum absolute atomic E-state index is 0.0531. The van der Waals surface area contributed by atoms with Crippen LogP contribution in [0.4, 0.5) is 5.69 Å². The monoisotopic (exact) mass is 235 g/mol. The molecule has 0 aliphatic heterocycles. The fourth-order valence-corrected chi connectivity index (χ4v) is 1.11. The van der Waals surface area contributed by atoms with Gasteiger partial charge >= 0.3 is 5.97 Å². The Labute approximate surface area is 98.7 Å². The zero-order chi connectivity index (χ0) is 12.8. The van der Waals surface area contributed by atoms with Gasteiger partial charge in [-0.2, -0.15) is 0 Å². The van der Waals surface area contributed by atoms with Gasteiger partial charge in [0, 0.05) is 6.92 Å². The van der Waals surface area contributed by atoms with Gasteiger partial charge in [-0.05, 0) is 12.1 Å². The molecule has 1 aromatic carbocycles. The minimum atomic E-state index is -1.11. The van der Waals surface area contributed by atoms with Crippen molar-refractivity contribution in [1.82, 2.24) is 0 Å². The van der Waals surface area contributed by atoms with Gasteiger partial charge in [0.15, 0.2) is 0 Å². The van der Waals surface area contributed by atoms with Crippen LogP contribution in [0.25, 0.3) is 0 Å². The summed E-state index contributed by atoms with van der Waals surface area (Å²) in [5, 5.41) is 11.2. The number of carbonyl (C=O) groups is 2. The Hall–Kier alpha value is -2.30. The molecule has 0 heterocycles. The minimum Gasteiger partial charge on any atom is -0.486 e. The molecule has 1 rings (SSSR count). The zero-order valence-electron chi connectivity index (χ0n) is 9.40. The molecule has 0 aromatic heterocycles. The third-order valence-electron chi connectivity index (χ3n) is 1.90. The molecule has 1 aromatic rings. The summed E-state index contributed by atoms with van der Waals surface area (Å²) in [5.74, 6) is -0.926. The second-order valence-corrected chi connectivity index (χ2v) is 3.37. The first kappa shape index (κ1) is 12.8. The molecule has 0 saturated carbocycles. The highest BCUT2D eigenvalue weighted by Gasteiger charge is 2.08. The number of carbonyl (C=O) groups excluding carboxylic acids is 1. The van der Waals surface area contributed by atoms with E-state index in [1.54, 1.807) is 24.3 Å². The average Bonchev–Trinajstić information content (AvgIpc) is 2.26. The molecule has 0 bridgehead atoms. The van der Waals surface area contributed by atoms with E-state index in [4.69, 9.17) is 9.84 Å². The molecule has 17 heavy (non-hydrogen) atoms. The van der Waals surface area contributed by atoms with Crippen molar-refractivity contribution in [3.8, 4) is 5.75 Å². The molecule has 0 atom stereocenters. The summed E-state index contributed by atoms with van der Waals surface area (Å²) in [4.78, 5) is 21.5. The third kappa shape index (κ3) is 3.98. The second-order valence-electron chi connectivity index (χ2n) is 3.37. The fraction of sp³-hybridized carbons (Fsp3) is 0.167. The van der Waals surface area contributed by atoms with E-state index in [1.807, 2.05) is 0 Å². The van der Waals surface area contributed by atoms with Crippen LogP contribution in [0.15, 0.2) is 36.4 Å². The summed E-state index contributed by atoms with van der Waals surface area (Å²) in [6, 6.07) is 6.77. The van der Waals surface area contributed by atoms with E-state index in [9.17, 15) is 9.59 Å². The first-order chi connectivity index (χ1) is 8.00. The van der Waals surface area contributed by atoms with Gasteiger partial charge in [0.2, 0.25) is 5.91 Å². The standard InChI is InChI=1S/C12H13NO4/c1-8(12(15)16)7-17-11-6-4-3-5-10(11)13-9(2)14/h3-6H,1,7H2,2H3,(H,13,14)(H,15,16). The molecule has 0 aliphatic carbocycles. The van der Waals surface area contributed by atoms with Crippen LogP contribution < -0.4 is 10.1 Å². The Morgan fingerprint density at radius 1 is 1.41 bits per heavy atom. The molecule has 0 saturated heterocycles. The zero-order valence-corrected chi connectivity index (χ0v) is 9.40. The normalized spacial score (nSPS) is 9.47. The lowest BCUT2D eigenvalue weighted by atomic mass is 10.3. The second kappa shape index (κ2) is 5.69. The number of carboxylic acids is 1. The van der Waals surface area contributed by atoms with Gasteiger partial charge in [0.05, 0.1) is 11.3 Å². The van der Waals surface area contributed by atoms with Crippen LogP contribution in [-0.2, 0) is 9.59 Å². The van der Waals surface area contributed by atoms with Crippen LogP contribution in [-0.4, -0.2) is 23.6 Å². The van der Waals surface area contributed by atoms with E-state index < -0.39 is 5.97 Å². The van der Waals surface area contributed by atoms with Gasteiger partial charge in [0.25, 0.3) is 0 Å². The molecule has 1 amide bonds. The number of nitrogens with one attached hydrogen (secondary N) is 1. The molecule has 0 spiro atoms. The van der Waals surface area contributed by atoms with Gasteiger partial charge < -0.3 is 15.2 Å². The quantitative estimate of drug-likeness (QED) is 0.761. The van der Waals surface area contributed by atoms with E-state index in [0.29, 0.717) is 11.4 Å². The molecule has 5 nitrogen and oxygen atoms in total. The number of benzene rings is 1. The highest BCUT2D eigenvalue weighted by Crippen LogP contribution is 2.23. The molecule has 2 N–H and O–H groups in total. The van der Waals surface area contributed by atoms with Crippen LogP contribution in [0.1, 0.15) is 6.92 Å². The van der Waals surface area contributed by atoms with Crippen molar-refractivity contribution in [2.45, 2.75) is 6.92 Å². The molecule has 0 unspecified atom stereocenters. The SMILES string of the molecule is C=C(COc1ccccc1NC(C)=O)C(=O)O. The lowest BCUT2D eigenvalue weighted by molar-refractivity contribution is -0.133. The van der Waals surface area contributed by atoms with E-state index in [-0.39, 0.29) is 18.1 Å². The van der Waals surface area contributed by atoms with Crippen molar-refractivity contribution in [3.05, 3.63) is 36.4 Å². The van der Waals surface area contributed by atoms with Crippen molar-refractivity contribution >= 4 is 17.6 Å². The summed E-state index contributed by atoms with van der Waals surface area (Å²) in [7, 11) is 0. The third-order valence-corrected chi connectivity index (χ3v) is 1.90. The summed E-state index contributed by atoms with van der Waals surface area (Å²) < 4.78 is 5.27. The summed E-state index contributed by atoms with van der Waals surface area (Å²) >= 11 is 0. The van der Waals surface area contributed by atoms with Crippen LogP contribution in [0.3, 0.4) is 0 Å². The fourth-order valence-electron chi connectivity index (χ4n) is 1.11. The topological polar surface area (TPSA) is 75.6 Å². The van der Waals surface area contributed by atoms with E-state index in [0.717, 1.165) is 0 Å². The number of amides is 1. The average molecular weight is 235 g/mol. The smallest absolute Gasteiger partial charge is 0.334 e. The van der Waals surface area contributed by atoms with Crippen molar-refractivity contribution < 1.29 is 19.4 Å². The number of rotatable bonds is 5. The van der Waals surface area contributed by atoms with Crippen LogP contribution in [0.5, 0.6) is 5.75 Å². The Kier molecular flexibility index (Phi) is 4.28. The molecular formula is C12H13NO4. The van der Waals surface area contributed by atoms with Crippen molar-refractivity contribution in [3.63, 3.8) is 0 Å². The first-order valence-corrected chi connectivity index (χ1v) is 4.91. The molecule has 0 fully saturated rings. The number of hydrogen-bond acceptors (Lipinski definition) is 3. The van der Waals surface area contributed by atoms with Gasteiger partial charge in [-0.25, -0.2) is 4.79 Å². The lowest BCUT2D eigenvalue weighted by Gasteiger charge is -2.11. The molecular weight excluding hydrogens is 222 g/mol. The summed E-state index contributed by atoms with van der Waals surface area (Å²) in [6.07, 6.45) is 0. The predicted octanol–water partition coefficient (Wildman–Crippen LogP) is 1.66. The van der Waals surface area contributed by atoms with Gasteiger partial charge in [-0.15, -0.1) is 0 Å². The van der Waals surface area contributed by atoms with Gasteiger partial charge in [-0.1, -0.05) is 18.7 Å². The van der Waals surface area contributed by atoms with Gasteiger partial charge in [0.1, 0.15) is 12.4 Å². The summed E-state index contributed by atoms with van der Waals surface area (Å²) in [5.41, 5.74) is 0.445. The number of hydrogen-bond donors (Lipinski definition) is 2. The van der Waals surface area contributed by atoms with Crippen LogP contribution >= 0.6 is 0 Å². The predicted molar refractivity (Wildman–Crippen MR) is 63.0 cm³/mol. The molecule has 0 aliphatic rings. The Morgan fingerprint density at radius 3 is 2.65 bits per heavy atom. The van der Waals surface area contributed by atoms with Crippen molar-refractivity contribution in [2.75, 3.05) is 11.9 Å². The summed E-state index contributed by atoms with van der Waals surface area (Å²) in [6.45, 7) is 4.60. The van der Waals surface area contributed by atoms with Crippen LogP contribution in [0.2, 0.25) is 0 Å². The van der Waals surface area contributed by atoms with E-state index in [2.05, 4.69) is 11.9 Å². The number of anilines is 1. The maximum Gasteiger partial charge on any atom is 0.334 e. The lowest BCUT2D eigenvalue weighted by Crippen LogP contribution is -2.11. The van der Waals surface area contributed by atoms with E-state index >= 15 is 0 Å². The number of para-hydroxylation sites is 2. The van der Waals surface area contributed by atoms with Crippen molar-refractivity contribution in [1.29, 1.82) is 0 Å². The largest absolute Gasteiger partial charge is 0.486 e. The van der Waals surface area contributed by atoms with Crippen molar-refractivity contribution in [2.24, 2.45) is 0 Å². The Balaban J connectivity index is 2.73. The number of carboxylic acid groups (broad SMARTS) is 1. The maximum absolute atomic E-state index is 10.9. The molecule has 90 valence electrons. The highest BCUT2D eigenvalue weighted by molar-refractivity contribution is 5.90. The van der Waals surface area contributed by atoms with E-state index in [1.165, 1.54) is 6.92 Å². The molecule has 5 heteroatoms. The number of ether oxygens (including phenoxy) is 1.